The van der Waals surface area contributed by atoms with E-state index in [0.29, 0.717) is 28.5 Å². The Kier molecular flexibility index (Phi) is 7.14. The maximum Gasteiger partial charge on any atom is 0.435 e. The van der Waals surface area contributed by atoms with Crippen LogP contribution < -0.4 is 5.32 Å². The van der Waals surface area contributed by atoms with Crippen LogP contribution in [0.4, 0.5) is 18.9 Å². The maximum absolute atomic E-state index is 12.7. The summed E-state index contributed by atoms with van der Waals surface area (Å²) in [5, 5.41) is 21.5. The Morgan fingerprint density at radius 2 is 1.88 bits per heavy atom. The normalized spacial score (nSPS) is 19.4. The van der Waals surface area contributed by atoms with Crippen LogP contribution in [0, 0.1) is 0 Å². The van der Waals surface area contributed by atoms with E-state index in [0.717, 1.165) is 47.0 Å². The fraction of sp³-hybridized carbons (Fsp3) is 0.455. The SMILES string of the molecule is CC(C)(O)c1cc2nc([C@H]3CC[C@H](SS)CC3)sc2cc1NC(=O)c1ccc(C(F)(F)F)nn1. The molecular formula is C22H23F3N4O2S3. The zero-order valence-electron chi connectivity index (χ0n) is 18.4. The minimum atomic E-state index is -4.64. The van der Waals surface area contributed by atoms with Crippen molar-refractivity contribution in [2.24, 2.45) is 0 Å². The number of thiazole rings is 1. The lowest BCUT2D eigenvalue weighted by atomic mass is 9.89. The molecule has 1 aliphatic carbocycles. The van der Waals surface area contributed by atoms with Gasteiger partial charge in [0.2, 0.25) is 0 Å². The topological polar surface area (TPSA) is 88.0 Å². The van der Waals surface area contributed by atoms with Gasteiger partial charge >= 0.3 is 6.18 Å². The quantitative estimate of drug-likeness (QED) is 0.270. The maximum atomic E-state index is 12.7. The molecule has 12 heteroatoms. The molecule has 1 amide bonds. The van der Waals surface area contributed by atoms with Gasteiger partial charge in [0.15, 0.2) is 11.4 Å². The summed E-state index contributed by atoms with van der Waals surface area (Å²) in [6, 6.07) is 5.17. The number of anilines is 1. The Morgan fingerprint density at radius 3 is 2.44 bits per heavy atom. The van der Waals surface area contributed by atoms with Gasteiger partial charge in [-0.15, -0.1) is 33.2 Å². The molecule has 34 heavy (non-hydrogen) atoms. The molecule has 4 rings (SSSR count). The van der Waals surface area contributed by atoms with Crippen molar-refractivity contribution in [1.82, 2.24) is 15.2 Å². The number of carbonyl (C=O) groups excluding carboxylic acids is 1. The van der Waals surface area contributed by atoms with Gasteiger partial charge < -0.3 is 10.4 Å². The van der Waals surface area contributed by atoms with Crippen molar-refractivity contribution >= 4 is 55.6 Å². The lowest BCUT2D eigenvalue weighted by molar-refractivity contribution is -0.141. The van der Waals surface area contributed by atoms with E-state index in [1.165, 1.54) is 0 Å². The molecule has 1 saturated carbocycles. The van der Waals surface area contributed by atoms with Crippen LogP contribution in [0.2, 0.25) is 0 Å². The second-order valence-corrected chi connectivity index (χ2v) is 11.4. The number of aromatic nitrogens is 3. The lowest BCUT2D eigenvalue weighted by Crippen LogP contribution is -2.22. The van der Waals surface area contributed by atoms with Crippen molar-refractivity contribution in [3.8, 4) is 0 Å². The summed E-state index contributed by atoms with van der Waals surface area (Å²) in [5.74, 6) is -0.362. The van der Waals surface area contributed by atoms with Crippen LogP contribution in [-0.2, 0) is 11.8 Å². The molecule has 2 N–H and O–H groups in total. The zero-order chi connectivity index (χ0) is 24.7. The molecule has 1 aliphatic rings. The molecule has 0 aliphatic heterocycles. The van der Waals surface area contributed by atoms with Crippen molar-refractivity contribution in [1.29, 1.82) is 0 Å². The molecule has 0 spiro atoms. The van der Waals surface area contributed by atoms with Crippen molar-refractivity contribution in [2.75, 3.05) is 5.32 Å². The van der Waals surface area contributed by atoms with E-state index in [-0.39, 0.29) is 5.69 Å². The summed E-state index contributed by atoms with van der Waals surface area (Å²) >= 11 is 5.88. The molecule has 1 aromatic carbocycles. The van der Waals surface area contributed by atoms with Crippen LogP contribution in [-0.4, -0.2) is 31.4 Å². The highest BCUT2D eigenvalue weighted by molar-refractivity contribution is 8.68. The second kappa shape index (κ2) is 9.63. The van der Waals surface area contributed by atoms with Gasteiger partial charge in [0.1, 0.15) is 0 Å². The van der Waals surface area contributed by atoms with Gasteiger partial charge in [-0.1, -0.05) is 10.8 Å². The van der Waals surface area contributed by atoms with Gasteiger partial charge in [0.25, 0.3) is 5.91 Å². The van der Waals surface area contributed by atoms with E-state index in [9.17, 15) is 23.1 Å². The fourth-order valence-corrected chi connectivity index (χ4v) is 6.26. The molecule has 2 heterocycles. The summed E-state index contributed by atoms with van der Waals surface area (Å²) in [6.45, 7) is 3.18. The molecule has 0 radical (unpaired) electrons. The molecule has 0 unspecified atom stereocenters. The molecule has 3 aromatic rings. The lowest BCUT2D eigenvalue weighted by Gasteiger charge is -2.25. The van der Waals surface area contributed by atoms with E-state index in [1.807, 2.05) is 0 Å². The number of nitrogens with one attached hydrogen (secondary N) is 1. The summed E-state index contributed by atoms with van der Waals surface area (Å²) in [6.07, 6.45) is -0.409. The van der Waals surface area contributed by atoms with Crippen LogP contribution >= 0.6 is 33.8 Å². The molecule has 6 nitrogen and oxygen atoms in total. The largest absolute Gasteiger partial charge is 0.435 e. The van der Waals surface area contributed by atoms with E-state index in [2.05, 4.69) is 27.2 Å². The third kappa shape index (κ3) is 5.50. The smallest absolute Gasteiger partial charge is 0.386 e. The van der Waals surface area contributed by atoms with Crippen molar-refractivity contribution in [3.63, 3.8) is 0 Å². The Balaban J connectivity index is 1.62. The number of aliphatic hydroxyl groups is 1. The number of amides is 1. The molecule has 0 bridgehead atoms. The summed E-state index contributed by atoms with van der Waals surface area (Å²) < 4.78 is 39.1. The zero-order valence-corrected chi connectivity index (χ0v) is 20.9. The Hall–Kier alpha value is -1.89. The van der Waals surface area contributed by atoms with Crippen molar-refractivity contribution < 1.29 is 23.1 Å². The molecule has 2 aromatic heterocycles. The number of rotatable bonds is 5. The van der Waals surface area contributed by atoms with Gasteiger partial charge in [-0.2, -0.15) is 13.2 Å². The Bertz CT molecular complexity index is 1190. The summed E-state index contributed by atoms with van der Waals surface area (Å²) in [4.78, 5) is 17.5. The van der Waals surface area contributed by atoms with E-state index >= 15 is 0 Å². The number of hydrogen-bond acceptors (Lipinski definition) is 8. The van der Waals surface area contributed by atoms with Gasteiger partial charge in [-0.25, -0.2) is 4.98 Å². The first-order valence-corrected chi connectivity index (χ1v) is 13.4. The third-order valence-electron chi connectivity index (χ3n) is 5.81. The van der Waals surface area contributed by atoms with Crippen LogP contribution in [0.1, 0.15) is 72.2 Å². The third-order valence-corrected chi connectivity index (χ3v) is 8.66. The van der Waals surface area contributed by atoms with Gasteiger partial charge in [-0.3, -0.25) is 4.79 Å². The van der Waals surface area contributed by atoms with Crippen molar-refractivity contribution in [2.45, 2.75) is 62.5 Å². The number of halogens is 3. The number of carbonyl (C=O) groups is 1. The predicted molar refractivity (Wildman–Crippen MR) is 131 cm³/mol. The minimum absolute atomic E-state index is 0.265. The summed E-state index contributed by atoms with van der Waals surface area (Å²) in [5.41, 5.74) is -1.22. The molecule has 0 atom stereocenters. The van der Waals surface area contributed by atoms with E-state index < -0.39 is 23.4 Å². The first-order chi connectivity index (χ1) is 16.0. The van der Waals surface area contributed by atoms with Crippen LogP contribution in [0.25, 0.3) is 10.2 Å². The highest BCUT2D eigenvalue weighted by Crippen LogP contribution is 2.42. The number of nitrogens with zero attached hydrogens (tertiary/aromatic N) is 3. The van der Waals surface area contributed by atoms with E-state index in [1.54, 1.807) is 48.1 Å². The number of thiol groups is 1. The first kappa shape index (κ1) is 25.2. The second-order valence-electron chi connectivity index (χ2n) is 8.81. The Labute approximate surface area is 207 Å². The number of alkyl halides is 3. The monoisotopic (exact) mass is 528 g/mol. The number of fused-ring (bicyclic) bond motifs is 1. The molecule has 182 valence electrons. The highest BCUT2D eigenvalue weighted by Gasteiger charge is 2.33. The summed E-state index contributed by atoms with van der Waals surface area (Å²) in [7, 11) is 1.60. The fourth-order valence-electron chi connectivity index (χ4n) is 3.98. The van der Waals surface area contributed by atoms with Crippen molar-refractivity contribution in [3.05, 3.63) is 46.2 Å². The van der Waals surface area contributed by atoms with Crippen LogP contribution in [0.15, 0.2) is 24.3 Å². The van der Waals surface area contributed by atoms with Crippen LogP contribution in [0.5, 0.6) is 0 Å². The van der Waals surface area contributed by atoms with Crippen LogP contribution in [0.3, 0.4) is 0 Å². The van der Waals surface area contributed by atoms with Gasteiger partial charge in [0, 0.05) is 22.4 Å². The van der Waals surface area contributed by atoms with E-state index in [4.69, 9.17) is 4.98 Å². The standard InChI is InChI=1S/C22H23F3N4O2S3/c1-21(2,31)13-9-16-17(33-20(27-16)11-3-5-12(34-32)6-4-11)10-15(13)26-19(30)14-7-8-18(29-28-14)22(23,24)25/h7-12,31-32H,3-6H2,1-2H3,(H,26,30)/t11-,12-. The molecule has 0 saturated heterocycles. The van der Waals surface area contributed by atoms with Gasteiger partial charge in [-0.05, 0) is 63.8 Å². The number of benzene rings is 1. The highest BCUT2D eigenvalue weighted by atomic mass is 33.1. The van der Waals surface area contributed by atoms with Gasteiger partial charge in [0.05, 0.1) is 20.8 Å². The molecular weight excluding hydrogens is 505 g/mol. The average molecular weight is 529 g/mol. The number of hydrogen-bond donors (Lipinski definition) is 3. The first-order valence-electron chi connectivity index (χ1n) is 10.7. The Morgan fingerprint density at radius 1 is 1.18 bits per heavy atom. The minimum Gasteiger partial charge on any atom is -0.386 e. The predicted octanol–water partition coefficient (Wildman–Crippen LogP) is 6.19. The average Bonchev–Trinajstić information content (AvgIpc) is 3.20. The molecule has 1 fully saturated rings.